The summed E-state index contributed by atoms with van der Waals surface area (Å²) in [6.45, 7) is 3.28. The van der Waals surface area contributed by atoms with Gasteiger partial charge in [-0.25, -0.2) is 0 Å². The number of nitrogens with one attached hydrogen (secondary N) is 1. The SMILES string of the molecule is Cc1ccc(N)cc1C(=O)NCCCOC1CCCCC1.Cl. The van der Waals surface area contributed by atoms with Crippen LogP contribution in [0.25, 0.3) is 0 Å². The molecule has 0 saturated heterocycles. The van der Waals surface area contributed by atoms with Crippen LogP contribution in [0.4, 0.5) is 5.69 Å². The molecule has 1 aromatic carbocycles. The molecule has 0 unspecified atom stereocenters. The van der Waals surface area contributed by atoms with Gasteiger partial charge < -0.3 is 15.8 Å². The fraction of sp³-hybridized carbons (Fsp3) is 0.588. The summed E-state index contributed by atoms with van der Waals surface area (Å²) in [5.74, 6) is -0.0579. The minimum Gasteiger partial charge on any atom is -0.399 e. The summed E-state index contributed by atoms with van der Waals surface area (Å²) in [4.78, 5) is 12.1. The summed E-state index contributed by atoms with van der Waals surface area (Å²) in [5.41, 5.74) is 7.94. The highest BCUT2D eigenvalue weighted by Gasteiger charge is 2.13. The molecule has 0 radical (unpaired) electrons. The van der Waals surface area contributed by atoms with Crippen molar-refractivity contribution in [2.24, 2.45) is 0 Å². The van der Waals surface area contributed by atoms with Crippen LogP contribution in [0.5, 0.6) is 0 Å². The average Bonchev–Trinajstić information content (AvgIpc) is 2.50. The van der Waals surface area contributed by atoms with E-state index in [4.69, 9.17) is 10.5 Å². The number of halogens is 1. The molecule has 22 heavy (non-hydrogen) atoms. The zero-order chi connectivity index (χ0) is 15.1. The number of anilines is 1. The maximum atomic E-state index is 12.1. The molecule has 0 spiro atoms. The molecule has 5 heteroatoms. The summed E-state index contributed by atoms with van der Waals surface area (Å²) >= 11 is 0. The van der Waals surface area contributed by atoms with Gasteiger partial charge in [0.1, 0.15) is 0 Å². The van der Waals surface area contributed by atoms with E-state index in [0.29, 0.717) is 23.9 Å². The van der Waals surface area contributed by atoms with E-state index in [2.05, 4.69) is 5.32 Å². The molecular weight excluding hydrogens is 300 g/mol. The fourth-order valence-electron chi connectivity index (χ4n) is 2.74. The monoisotopic (exact) mass is 326 g/mol. The average molecular weight is 327 g/mol. The van der Waals surface area contributed by atoms with Crippen LogP contribution in [0.3, 0.4) is 0 Å². The number of benzene rings is 1. The lowest BCUT2D eigenvalue weighted by molar-refractivity contribution is 0.0273. The van der Waals surface area contributed by atoms with Crippen LogP contribution in [0.2, 0.25) is 0 Å². The number of hydrogen-bond donors (Lipinski definition) is 2. The Morgan fingerprint density at radius 1 is 1.32 bits per heavy atom. The largest absolute Gasteiger partial charge is 0.399 e. The van der Waals surface area contributed by atoms with Crippen molar-refractivity contribution in [3.63, 3.8) is 0 Å². The van der Waals surface area contributed by atoms with Gasteiger partial charge in [0.05, 0.1) is 6.10 Å². The first-order chi connectivity index (χ1) is 10.2. The Balaban J connectivity index is 0.00000242. The third-order valence-corrected chi connectivity index (χ3v) is 4.02. The minimum absolute atomic E-state index is 0. The third-order valence-electron chi connectivity index (χ3n) is 4.02. The van der Waals surface area contributed by atoms with Crippen LogP contribution in [-0.4, -0.2) is 25.2 Å². The van der Waals surface area contributed by atoms with E-state index in [1.54, 1.807) is 6.07 Å². The van der Waals surface area contributed by atoms with Crippen LogP contribution >= 0.6 is 12.4 Å². The molecule has 0 bridgehead atoms. The second kappa shape index (κ2) is 9.70. The number of aryl methyl sites for hydroxylation is 1. The number of hydrogen-bond acceptors (Lipinski definition) is 3. The first-order valence-corrected chi connectivity index (χ1v) is 7.93. The highest BCUT2D eigenvalue weighted by molar-refractivity contribution is 5.96. The van der Waals surface area contributed by atoms with Gasteiger partial charge in [0.15, 0.2) is 0 Å². The number of carbonyl (C=O) groups is 1. The van der Waals surface area contributed by atoms with Crippen molar-refractivity contribution in [1.29, 1.82) is 0 Å². The number of rotatable bonds is 6. The Labute approximate surface area is 139 Å². The predicted octanol–water partition coefficient (Wildman–Crippen LogP) is 3.47. The van der Waals surface area contributed by atoms with Gasteiger partial charge in [0.2, 0.25) is 0 Å². The molecule has 3 N–H and O–H groups in total. The number of nitrogen functional groups attached to an aromatic ring is 1. The van der Waals surface area contributed by atoms with Crippen molar-refractivity contribution >= 4 is 24.0 Å². The Bertz CT molecular complexity index is 474. The van der Waals surface area contributed by atoms with Gasteiger partial charge in [-0.1, -0.05) is 25.3 Å². The lowest BCUT2D eigenvalue weighted by Gasteiger charge is -2.21. The van der Waals surface area contributed by atoms with Gasteiger partial charge in [-0.2, -0.15) is 0 Å². The van der Waals surface area contributed by atoms with Crippen molar-refractivity contribution < 1.29 is 9.53 Å². The maximum Gasteiger partial charge on any atom is 0.251 e. The van der Waals surface area contributed by atoms with Gasteiger partial charge >= 0.3 is 0 Å². The molecule has 1 aromatic rings. The van der Waals surface area contributed by atoms with Crippen LogP contribution in [-0.2, 0) is 4.74 Å². The highest BCUT2D eigenvalue weighted by atomic mass is 35.5. The van der Waals surface area contributed by atoms with Crippen LogP contribution in [0.15, 0.2) is 18.2 Å². The van der Waals surface area contributed by atoms with Crippen molar-refractivity contribution in [3.8, 4) is 0 Å². The molecule has 0 atom stereocenters. The lowest BCUT2D eigenvalue weighted by atomic mass is 9.98. The molecule has 0 aliphatic heterocycles. The Morgan fingerprint density at radius 2 is 2.05 bits per heavy atom. The molecular formula is C17H27ClN2O2. The van der Waals surface area contributed by atoms with Crippen LogP contribution in [0.1, 0.15) is 54.4 Å². The van der Waals surface area contributed by atoms with Gasteiger partial charge in [-0.15, -0.1) is 12.4 Å². The van der Waals surface area contributed by atoms with E-state index in [0.717, 1.165) is 18.6 Å². The lowest BCUT2D eigenvalue weighted by Crippen LogP contribution is -2.27. The second-order valence-corrected chi connectivity index (χ2v) is 5.81. The van der Waals surface area contributed by atoms with E-state index in [1.807, 2.05) is 19.1 Å². The van der Waals surface area contributed by atoms with E-state index < -0.39 is 0 Å². The molecule has 2 rings (SSSR count). The standard InChI is InChI=1S/C17H26N2O2.ClH/c1-13-8-9-14(18)12-16(13)17(20)19-10-5-11-21-15-6-3-2-4-7-15;/h8-9,12,15H,2-7,10-11,18H2,1H3,(H,19,20);1H. The molecule has 0 heterocycles. The zero-order valence-corrected chi connectivity index (χ0v) is 14.1. The van der Waals surface area contributed by atoms with Crippen molar-refractivity contribution in [2.45, 2.75) is 51.6 Å². The first-order valence-electron chi connectivity index (χ1n) is 7.93. The smallest absolute Gasteiger partial charge is 0.251 e. The van der Waals surface area contributed by atoms with Crippen molar-refractivity contribution in [2.75, 3.05) is 18.9 Å². The number of ether oxygens (including phenoxy) is 1. The van der Waals surface area contributed by atoms with Crippen molar-refractivity contribution in [3.05, 3.63) is 29.3 Å². The van der Waals surface area contributed by atoms with Gasteiger partial charge in [0.25, 0.3) is 5.91 Å². The minimum atomic E-state index is -0.0579. The van der Waals surface area contributed by atoms with E-state index in [1.165, 1.54) is 32.1 Å². The predicted molar refractivity (Wildman–Crippen MR) is 92.6 cm³/mol. The quantitative estimate of drug-likeness (QED) is 0.621. The van der Waals surface area contributed by atoms with Crippen LogP contribution in [0, 0.1) is 6.92 Å². The highest BCUT2D eigenvalue weighted by Crippen LogP contribution is 2.20. The summed E-state index contributed by atoms with van der Waals surface area (Å²) in [5, 5.41) is 2.93. The number of nitrogens with two attached hydrogens (primary N) is 1. The summed E-state index contributed by atoms with van der Waals surface area (Å²) in [6, 6.07) is 5.41. The number of carbonyl (C=O) groups excluding carboxylic acids is 1. The van der Waals surface area contributed by atoms with Gasteiger partial charge in [-0.05, 0) is 43.9 Å². The summed E-state index contributed by atoms with van der Waals surface area (Å²) in [6.07, 6.45) is 7.58. The third kappa shape index (κ3) is 5.85. The Morgan fingerprint density at radius 3 is 2.77 bits per heavy atom. The topological polar surface area (TPSA) is 64.4 Å². The second-order valence-electron chi connectivity index (χ2n) is 5.81. The van der Waals surface area contributed by atoms with Crippen LogP contribution < -0.4 is 11.1 Å². The molecule has 124 valence electrons. The first kappa shape index (κ1) is 18.8. The zero-order valence-electron chi connectivity index (χ0n) is 13.3. The van der Waals surface area contributed by atoms with Gasteiger partial charge in [-0.3, -0.25) is 4.79 Å². The van der Waals surface area contributed by atoms with E-state index >= 15 is 0 Å². The van der Waals surface area contributed by atoms with Gasteiger partial charge in [0, 0.05) is 24.4 Å². The molecule has 1 aliphatic rings. The van der Waals surface area contributed by atoms with E-state index in [-0.39, 0.29) is 18.3 Å². The summed E-state index contributed by atoms with van der Waals surface area (Å²) < 4.78 is 5.84. The normalized spacial score (nSPS) is 15.1. The molecule has 1 aliphatic carbocycles. The Hall–Kier alpha value is -1.26. The number of amides is 1. The molecule has 0 aromatic heterocycles. The molecule has 4 nitrogen and oxygen atoms in total. The van der Waals surface area contributed by atoms with Crippen molar-refractivity contribution in [1.82, 2.24) is 5.32 Å². The Kier molecular flexibility index (Phi) is 8.28. The molecule has 1 saturated carbocycles. The molecule has 1 fully saturated rings. The molecule has 1 amide bonds. The fourth-order valence-corrected chi connectivity index (χ4v) is 2.74. The summed E-state index contributed by atoms with van der Waals surface area (Å²) in [7, 11) is 0. The van der Waals surface area contributed by atoms with E-state index in [9.17, 15) is 4.79 Å². The maximum absolute atomic E-state index is 12.1.